The molecule has 0 heterocycles. The summed E-state index contributed by atoms with van der Waals surface area (Å²) in [6, 6.07) is 57.1. The number of aliphatic hydroxyl groups excluding tert-OH is 2. The Morgan fingerprint density at radius 3 is 1.04 bits per heavy atom. The van der Waals surface area contributed by atoms with Gasteiger partial charge in [-0.2, -0.15) is 0 Å². The molecule has 0 unspecified atom stereocenters. The van der Waals surface area contributed by atoms with Crippen LogP contribution in [-0.2, 0) is 13.2 Å². The van der Waals surface area contributed by atoms with Crippen molar-refractivity contribution in [3.8, 4) is 56.4 Å². The van der Waals surface area contributed by atoms with Crippen molar-refractivity contribution in [3.05, 3.63) is 181 Å². The molecule has 8 aromatic rings. The summed E-state index contributed by atoms with van der Waals surface area (Å²) in [4.78, 5) is 0. The Labute approximate surface area is 291 Å². The topological polar surface area (TPSA) is 58.9 Å². The third-order valence-corrected chi connectivity index (χ3v) is 9.14. The van der Waals surface area contributed by atoms with E-state index in [-0.39, 0.29) is 13.2 Å². The molecule has 0 aliphatic rings. The molecule has 0 aromatic heterocycles. The van der Waals surface area contributed by atoms with Gasteiger partial charge in [0, 0.05) is 11.1 Å². The number of aliphatic hydroxyl groups is 2. The lowest BCUT2D eigenvalue weighted by molar-refractivity contribution is 0.281. The molecular formula is C46H34O4. The van der Waals surface area contributed by atoms with Gasteiger partial charge in [0.15, 0.2) is 0 Å². The van der Waals surface area contributed by atoms with Crippen LogP contribution in [0.4, 0.5) is 0 Å². The molecule has 2 N–H and O–H groups in total. The van der Waals surface area contributed by atoms with E-state index >= 15 is 0 Å². The van der Waals surface area contributed by atoms with Gasteiger partial charge in [-0.05, 0) is 91.3 Å². The van der Waals surface area contributed by atoms with E-state index in [9.17, 15) is 10.2 Å². The molecule has 8 aromatic carbocycles. The standard InChI is InChI=1S/C46H34O4/c47-29-31-9-13-33(14-10-31)35-17-23-39(24-18-35)49-43-27-21-37-5-1-3-7-41(37)45(43)46-42-8-4-2-6-38(42)22-28-44(46)50-40-25-19-36(20-26-40)34-15-11-32(30-48)12-16-34/h1-28,47-48H,29-30H2. The van der Waals surface area contributed by atoms with E-state index < -0.39 is 0 Å². The van der Waals surface area contributed by atoms with E-state index in [1.807, 2.05) is 84.9 Å². The first-order valence-electron chi connectivity index (χ1n) is 16.7. The Morgan fingerprint density at radius 1 is 0.340 bits per heavy atom. The fourth-order valence-electron chi connectivity index (χ4n) is 6.48. The van der Waals surface area contributed by atoms with Crippen molar-refractivity contribution in [2.45, 2.75) is 13.2 Å². The van der Waals surface area contributed by atoms with E-state index in [0.29, 0.717) is 0 Å². The first-order chi connectivity index (χ1) is 24.7. The first-order valence-corrected chi connectivity index (χ1v) is 16.7. The molecule has 50 heavy (non-hydrogen) atoms. The van der Waals surface area contributed by atoms with E-state index in [0.717, 1.165) is 89.1 Å². The molecule has 0 fully saturated rings. The summed E-state index contributed by atoms with van der Waals surface area (Å²) < 4.78 is 13.5. The van der Waals surface area contributed by atoms with Crippen LogP contribution in [0.3, 0.4) is 0 Å². The first kappa shape index (κ1) is 31.1. The van der Waals surface area contributed by atoms with Crippen molar-refractivity contribution in [1.82, 2.24) is 0 Å². The third kappa shape index (κ3) is 6.22. The maximum atomic E-state index is 9.43. The van der Waals surface area contributed by atoms with Crippen LogP contribution < -0.4 is 9.47 Å². The molecule has 242 valence electrons. The van der Waals surface area contributed by atoms with Crippen LogP contribution in [0.1, 0.15) is 11.1 Å². The molecule has 0 bridgehead atoms. The zero-order chi connectivity index (χ0) is 33.9. The third-order valence-electron chi connectivity index (χ3n) is 9.14. The summed E-state index contributed by atoms with van der Waals surface area (Å²) >= 11 is 0. The molecule has 4 heteroatoms. The second kappa shape index (κ2) is 13.7. The van der Waals surface area contributed by atoms with Gasteiger partial charge in [0.25, 0.3) is 0 Å². The Hall–Kier alpha value is -6.20. The van der Waals surface area contributed by atoms with Gasteiger partial charge in [0.2, 0.25) is 0 Å². The molecular weight excluding hydrogens is 617 g/mol. The predicted octanol–water partition coefficient (Wildman–Crippen LogP) is 11.6. The smallest absolute Gasteiger partial charge is 0.136 e. The number of fused-ring (bicyclic) bond motifs is 2. The predicted molar refractivity (Wildman–Crippen MR) is 203 cm³/mol. The molecule has 0 spiro atoms. The van der Waals surface area contributed by atoms with Crippen LogP contribution in [0.25, 0.3) is 54.9 Å². The molecule has 0 aliphatic carbocycles. The maximum Gasteiger partial charge on any atom is 0.136 e. The van der Waals surface area contributed by atoms with Crippen LogP contribution in [0.5, 0.6) is 23.0 Å². The summed E-state index contributed by atoms with van der Waals surface area (Å²) in [5.74, 6) is 2.91. The Kier molecular flexibility index (Phi) is 8.54. The minimum absolute atomic E-state index is 0.0263. The van der Waals surface area contributed by atoms with E-state index in [1.165, 1.54) is 0 Å². The summed E-state index contributed by atoms with van der Waals surface area (Å²) in [5, 5.41) is 23.2. The molecule has 8 rings (SSSR count). The summed E-state index contributed by atoms with van der Waals surface area (Å²) in [6.45, 7) is 0.0526. The van der Waals surface area contributed by atoms with Gasteiger partial charge in [-0.1, -0.05) is 133 Å². The molecule has 0 saturated heterocycles. The monoisotopic (exact) mass is 650 g/mol. The van der Waals surface area contributed by atoms with Crippen molar-refractivity contribution in [2.75, 3.05) is 0 Å². The molecule has 0 amide bonds. The van der Waals surface area contributed by atoms with Crippen LogP contribution >= 0.6 is 0 Å². The number of rotatable bonds is 9. The minimum atomic E-state index is 0.0263. The fourth-order valence-corrected chi connectivity index (χ4v) is 6.48. The van der Waals surface area contributed by atoms with Crippen molar-refractivity contribution in [3.63, 3.8) is 0 Å². The average molecular weight is 651 g/mol. The number of hydrogen-bond donors (Lipinski definition) is 2. The molecule has 0 aliphatic heterocycles. The quantitative estimate of drug-likeness (QED) is 0.163. The number of ether oxygens (including phenoxy) is 2. The summed E-state index contributed by atoms with van der Waals surface area (Å²) in [5.41, 5.74) is 7.97. The van der Waals surface area contributed by atoms with Crippen molar-refractivity contribution in [2.24, 2.45) is 0 Å². The van der Waals surface area contributed by atoms with Crippen molar-refractivity contribution < 1.29 is 19.7 Å². The lowest BCUT2D eigenvalue weighted by Crippen LogP contribution is -1.95. The van der Waals surface area contributed by atoms with Gasteiger partial charge in [-0.3, -0.25) is 0 Å². The van der Waals surface area contributed by atoms with Gasteiger partial charge in [-0.15, -0.1) is 0 Å². The van der Waals surface area contributed by atoms with Crippen LogP contribution in [0.2, 0.25) is 0 Å². The molecule has 0 radical (unpaired) electrons. The normalized spacial score (nSPS) is 11.2. The number of hydrogen-bond acceptors (Lipinski definition) is 4. The highest BCUT2D eigenvalue weighted by molar-refractivity contribution is 6.10. The summed E-state index contributed by atoms with van der Waals surface area (Å²) in [6.07, 6.45) is 0. The van der Waals surface area contributed by atoms with Gasteiger partial charge < -0.3 is 19.7 Å². The maximum absolute atomic E-state index is 9.43. The SMILES string of the molecule is OCc1ccc(-c2ccc(Oc3ccc4ccccc4c3-c3c(Oc4ccc(-c5ccc(CO)cc5)cc4)ccc4ccccc34)cc2)cc1. The molecule has 0 saturated carbocycles. The van der Waals surface area contributed by atoms with Crippen molar-refractivity contribution in [1.29, 1.82) is 0 Å². The zero-order valence-corrected chi connectivity index (χ0v) is 27.3. The highest BCUT2D eigenvalue weighted by Gasteiger charge is 2.20. The van der Waals surface area contributed by atoms with Crippen LogP contribution in [0, 0.1) is 0 Å². The van der Waals surface area contributed by atoms with Gasteiger partial charge in [0.1, 0.15) is 23.0 Å². The van der Waals surface area contributed by atoms with Crippen LogP contribution in [0.15, 0.2) is 170 Å². The highest BCUT2D eigenvalue weighted by atomic mass is 16.5. The zero-order valence-electron chi connectivity index (χ0n) is 27.3. The second-order valence-electron chi connectivity index (χ2n) is 12.3. The molecule has 4 nitrogen and oxygen atoms in total. The molecule has 0 atom stereocenters. The van der Waals surface area contributed by atoms with Crippen molar-refractivity contribution >= 4 is 21.5 Å². The van der Waals surface area contributed by atoms with E-state index in [2.05, 4.69) is 84.9 Å². The van der Waals surface area contributed by atoms with E-state index in [4.69, 9.17) is 9.47 Å². The van der Waals surface area contributed by atoms with Crippen LogP contribution in [-0.4, -0.2) is 10.2 Å². The average Bonchev–Trinajstić information content (AvgIpc) is 3.19. The van der Waals surface area contributed by atoms with E-state index in [1.54, 1.807) is 0 Å². The Balaban J connectivity index is 1.20. The lowest BCUT2D eigenvalue weighted by Gasteiger charge is -2.20. The van der Waals surface area contributed by atoms with Gasteiger partial charge in [-0.25, -0.2) is 0 Å². The summed E-state index contributed by atoms with van der Waals surface area (Å²) in [7, 11) is 0. The number of benzene rings is 8. The second-order valence-corrected chi connectivity index (χ2v) is 12.3. The Morgan fingerprint density at radius 2 is 0.680 bits per heavy atom. The lowest BCUT2D eigenvalue weighted by atomic mass is 9.92. The largest absolute Gasteiger partial charge is 0.457 e. The minimum Gasteiger partial charge on any atom is -0.457 e. The Bertz CT molecular complexity index is 2240. The van der Waals surface area contributed by atoms with Gasteiger partial charge in [0.05, 0.1) is 13.2 Å². The van der Waals surface area contributed by atoms with Gasteiger partial charge >= 0.3 is 0 Å². The fraction of sp³-hybridized carbons (Fsp3) is 0.0435. The highest BCUT2D eigenvalue weighted by Crippen LogP contribution is 2.47.